The van der Waals surface area contributed by atoms with Crippen LogP contribution in [0.15, 0.2) is 0 Å². The number of hydrogen-bond donors (Lipinski definition) is 2. The summed E-state index contributed by atoms with van der Waals surface area (Å²) >= 11 is 0. The zero-order chi connectivity index (χ0) is 14.1. The summed E-state index contributed by atoms with van der Waals surface area (Å²) in [4.78, 5) is 14.3. The molecular weight excluding hydrogens is 238 g/mol. The third-order valence-electron chi connectivity index (χ3n) is 3.71. The highest BCUT2D eigenvalue weighted by molar-refractivity contribution is 5.81. The second kappa shape index (κ2) is 8.95. The quantitative estimate of drug-likeness (QED) is 0.643. The molecule has 0 spiro atoms. The average molecular weight is 265 g/mol. The predicted octanol–water partition coefficient (Wildman–Crippen LogP) is 0.978. The van der Waals surface area contributed by atoms with E-state index in [0.717, 1.165) is 32.5 Å². The van der Waals surface area contributed by atoms with E-state index in [9.17, 15) is 4.79 Å². The Morgan fingerprint density at radius 1 is 1.63 bits per heavy atom. The highest BCUT2D eigenvalue weighted by Gasteiger charge is 2.24. The molecule has 1 aliphatic rings. The molecule has 1 amide bonds. The number of rotatable bonds is 8. The summed E-state index contributed by atoms with van der Waals surface area (Å²) in [7, 11) is 0. The van der Waals surface area contributed by atoms with Crippen LogP contribution < -0.4 is 10.6 Å². The molecule has 1 rings (SSSR count). The smallest absolute Gasteiger partial charge is 0.237 e. The lowest BCUT2D eigenvalue weighted by molar-refractivity contribution is -0.125. The standard InChI is InChI=1S/C15H27N3O/c1-4-6-11-18(12-14-8-7-10-16-14)13(3)15(19)17-9-5-2/h2,13-14,16H,4,6-12H2,1,3H3,(H,17,19). The minimum Gasteiger partial charge on any atom is -0.344 e. The summed E-state index contributed by atoms with van der Waals surface area (Å²) in [5.74, 6) is 2.48. The molecule has 19 heavy (non-hydrogen) atoms. The van der Waals surface area contributed by atoms with Crippen LogP contribution in [0.4, 0.5) is 0 Å². The van der Waals surface area contributed by atoms with Gasteiger partial charge in [0.2, 0.25) is 5.91 Å². The van der Waals surface area contributed by atoms with E-state index < -0.39 is 0 Å². The maximum Gasteiger partial charge on any atom is 0.237 e. The summed E-state index contributed by atoms with van der Waals surface area (Å²) in [5.41, 5.74) is 0. The molecule has 108 valence electrons. The lowest BCUT2D eigenvalue weighted by Gasteiger charge is -2.30. The van der Waals surface area contributed by atoms with Crippen molar-refractivity contribution < 1.29 is 4.79 Å². The fourth-order valence-electron chi connectivity index (χ4n) is 2.45. The van der Waals surface area contributed by atoms with E-state index in [1.54, 1.807) is 0 Å². The highest BCUT2D eigenvalue weighted by Crippen LogP contribution is 2.10. The number of carbonyl (C=O) groups is 1. The van der Waals surface area contributed by atoms with E-state index in [1.807, 2.05) is 6.92 Å². The van der Waals surface area contributed by atoms with E-state index in [4.69, 9.17) is 6.42 Å². The van der Waals surface area contributed by atoms with Crippen LogP contribution in [0, 0.1) is 12.3 Å². The SMILES string of the molecule is C#CCNC(=O)C(C)N(CCCC)CC1CCCN1. The first-order chi connectivity index (χ1) is 9.19. The summed E-state index contributed by atoms with van der Waals surface area (Å²) in [6, 6.07) is 0.419. The van der Waals surface area contributed by atoms with Crippen LogP contribution in [0.5, 0.6) is 0 Å². The Bertz CT molecular complexity index is 305. The molecule has 0 saturated carbocycles. The fourth-order valence-corrected chi connectivity index (χ4v) is 2.45. The van der Waals surface area contributed by atoms with Crippen LogP contribution >= 0.6 is 0 Å². The van der Waals surface area contributed by atoms with Crippen molar-refractivity contribution in [2.75, 3.05) is 26.2 Å². The van der Waals surface area contributed by atoms with Crippen molar-refractivity contribution in [3.8, 4) is 12.3 Å². The third kappa shape index (κ3) is 5.63. The Morgan fingerprint density at radius 3 is 3.00 bits per heavy atom. The molecule has 0 aromatic carbocycles. The van der Waals surface area contributed by atoms with Gasteiger partial charge in [-0.25, -0.2) is 0 Å². The number of unbranched alkanes of at least 4 members (excludes halogenated alkanes) is 1. The van der Waals surface area contributed by atoms with Crippen LogP contribution in [0.3, 0.4) is 0 Å². The van der Waals surface area contributed by atoms with Crippen LogP contribution in [-0.2, 0) is 4.79 Å². The highest BCUT2D eigenvalue weighted by atomic mass is 16.2. The average Bonchev–Trinajstić information content (AvgIpc) is 2.92. The van der Waals surface area contributed by atoms with Crippen molar-refractivity contribution >= 4 is 5.91 Å². The van der Waals surface area contributed by atoms with Gasteiger partial charge in [0.25, 0.3) is 0 Å². The second-order valence-corrected chi connectivity index (χ2v) is 5.24. The van der Waals surface area contributed by atoms with Crippen molar-refractivity contribution in [2.24, 2.45) is 0 Å². The molecule has 4 heteroatoms. The summed E-state index contributed by atoms with van der Waals surface area (Å²) in [6.45, 7) is 7.48. The molecule has 0 bridgehead atoms. The first-order valence-electron chi connectivity index (χ1n) is 7.37. The van der Waals surface area contributed by atoms with Crippen LogP contribution in [0.2, 0.25) is 0 Å². The molecule has 1 aliphatic heterocycles. The van der Waals surface area contributed by atoms with Gasteiger partial charge in [-0.1, -0.05) is 19.3 Å². The fraction of sp³-hybridized carbons (Fsp3) is 0.800. The molecule has 0 aliphatic carbocycles. The van der Waals surface area contributed by atoms with E-state index >= 15 is 0 Å². The van der Waals surface area contributed by atoms with Crippen molar-refractivity contribution in [1.82, 2.24) is 15.5 Å². The van der Waals surface area contributed by atoms with Gasteiger partial charge in [0, 0.05) is 12.6 Å². The number of carbonyl (C=O) groups excluding carboxylic acids is 1. The summed E-state index contributed by atoms with van der Waals surface area (Å²) < 4.78 is 0. The largest absolute Gasteiger partial charge is 0.344 e. The zero-order valence-electron chi connectivity index (χ0n) is 12.2. The molecule has 4 nitrogen and oxygen atoms in total. The monoisotopic (exact) mass is 265 g/mol. The lowest BCUT2D eigenvalue weighted by Crippen LogP contribution is -2.49. The third-order valence-corrected chi connectivity index (χ3v) is 3.71. The molecule has 0 radical (unpaired) electrons. The normalized spacial score (nSPS) is 20.2. The zero-order valence-corrected chi connectivity index (χ0v) is 12.2. The number of amides is 1. The van der Waals surface area contributed by atoms with Crippen molar-refractivity contribution in [2.45, 2.75) is 51.6 Å². The molecular formula is C15H27N3O. The van der Waals surface area contributed by atoms with Crippen LogP contribution in [0.1, 0.15) is 39.5 Å². The molecule has 1 heterocycles. The summed E-state index contributed by atoms with van der Waals surface area (Å²) in [5, 5.41) is 6.27. The van der Waals surface area contributed by atoms with Crippen molar-refractivity contribution in [3.05, 3.63) is 0 Å². The Balaban J connectivity index is 2.50. The van der Waals surface area contributed by atoms with Gasteiger partial charge in [-0.05, 0) is 39.3 Å². The Morgan fingerprint density at radius 2 is 2.42 bits per heavy atom. The number of hydrogen-bond acceptors (Lipinski definition) is 3. The van der Waals surface area contributed by atoms with Gasteiger partial charge in [-0.15, -0.1) is 6.42 Å². The van der Waals surface area contributed by atoms with Gasteiger partial charge in [0.15, 0.2) is 0 Å². The number of terminal acetylenes is 1. The first kappa shape index (κ1) is 16.0. The number of nitrogens with one attached hydrogen (secondary N) is 2. The number of nitrogens with zero attached hydrogens (tertiary/aromatic N) is 1. The first-order valence-corrected chi connectivity index (χ1v) is 7.37. The van der Waals surface area contributed by atoms with Gasteiger partial charge in [-0.2, -0.15) is 0 Å². The van der Waals surface area contributed by atoms with Gasteiger partial charge in [0.05, 0.1) is 12.6 Å². The minimum absolute atomic E-state index is 0.0343. The van der Waals surface area contributed by atoms with Crippen LogP contribution in [0.25, 0.3) is 0 Å². The maximum absolute atomic E-state index is 12.0. The predicted molar refractivity (Wildman–Crippen MR) is 78.8 cm³/mol. The van der Waals surface area contributed by atoms with Gasteiger partial charge >= 0.3 is 0 Å². The molecule has 2 atom stereocenters. The van der Waals surface area contributed by atoms with E-state index in [0.29, 0.717) is 12.6 Å². The van der Waals surface area contributed by atoms with E-state index in [-0.39, 0.29) is 11.9 Å². The summed E-state index contributed by atoms with van der Waals surface area (Å²) in [6.07, 6.45) is 9.90. The van der Waals surface area contributed by atoms with E-state index in [2.05, 4.69) is 28.4 Å². The Kier molecular flexibility index (Phi) is 7.54. The van der Waals surface area contributed by atoms with Crippen LogP contribution in [-0.4, -0.2) is 49.1 Å². The van der Waals surface area contributed by atoms with E-state index in [1.165, 1.54) is 12.8 Å². The Hall–Kier alpha value is -1.05. The van der Waals surface area contributed by atoms with Crippen molar-refractivity contribution in [3.63, 3.8) is 0 Å². The van der Waals surface area contributed by atoms with Gasteiger partial charge in [0.1, 0.15) is 0 Å². The molecule has 2 unspecified atom stereocenters. The molecule has 1 saturated heterocycles. The lowest BCUT2D eigenvalue weighted by atomic mass is 10.1. The molecule has 2 N–H and O–H groups in total. The Labute approximate surface area is 117 Å². The topological polar surface area (TPSA) is 44.4 Å². The maximum atomic E-state index is 12.0. The van der Waals surface area contributed by atoms with Gasteiger partial charge < -0.3 is 10.6 Å². The molecule has 0 aromatic rings. The van der Waals surface area contributed by atoms with Crippen molar-refractivity contribution in [1.29, 1.82) is 0 Å². The van der Waals surface area contributed by atoms with Gasteiger partial charge in [-0.3, -0.25) is 9.69 Å². The minimum atomic E-state index is -0.109. The second-order valence-electron chi connectivity index (χ2n) is 5.24. The molecule has 0 aromatic heterocycles. The molecule has 1 fully saturated rings.